The van der Waals surface area contributed by atoms with Crippen LogP contribution in [-0.2, 0) is 16.0 Å². The summed E-state index contributed by atoms with van der Waals surface area (Å²) < 4.78 is 0.534. The van der Waals surface area contributed by atoms with E-state index in [1.807, 2.05) is 24.3 Å². The molecule has 3 aromatic rings. The van der Waals surface area contributed by atoms with Crippen molar-refractivity contribution in [3.63, 3.8) is 0 Å². The Morgan fingerprint density at radius 1 is 1.15 bits per heavy atom. The zero-order chi connectivity index (χ0) is 28.2. The normalized spacial score (nSPS) is 16.8. The summed E-state index contributed by atoms with van der Waals surface area (Å²) in [6.45, 7) is 2.08. The summed E-state index contributed by atoms with van der Waals surface area (Å²) in [6.07, 6.45) is 2.60. The third kappa shape index (κ3) is 5.22. The van der Waals surface area contributed by atoms with Gasteiger partial charge in [-0.25, -0.2) is 0 Å². The molecule has 1 aliphatic carbocycles. The van der Waals surface area contributed by atoms with Gasteiger partial charge in [0, 0.05) is 17.7 Å². The molecular formula is C29H25N7O2S2. The number of aryl methyl sites for hydroxylation is 1. The highest BCUT2D eigenvalue weighted by molar-refractivity contribution is 8.01. The third-order valence-electron chi connectivity index (χ3n) is 6.87. The summed E-state index contributed by atoms with van der Waals surface area (Å²) >= 11 is 2.44. The molecule has 1 unspecified atom stereocenters. The number of thioether (sulfide) groups is 1. The van der Waals surface area contributed by atoms with E-state index in [1.54, 1.807) is 29.2 Å². The zero-order valence-electron chi connectivity index (χ0n) is 21.7. The molecule has 3 N–H and O–H groups in total. The van der Waals surface area contributed by atoms with E-state index in [0.29, 0.717) is 51.1 Å². The van der Waals surface area contributed by atoms with Gasteiger partial charge in [-0.05, 0) is 42.5 Å². The molecule has 0 saturated carbocycles. The van der Waals surface area contributed by atoms with Crippen LogP contribution in [0.4, 0.5) is 10.8 Å². The topological polar surface area (TPSA) is 149 Å². The number of nitriles is 2. The van der Waals surface area contributed by atoms with Gasteiger partial charge in [-0.15, -0.1) is 10.2 Å². The maximum Gasteiger partial charge on any atom is 0.234 e. The van der Waals surface area contributed by atoms with Crippen LogP contribution in [0.1, 0.15) is 48.8 Å². The van der Waals surface area contributed by atoms with Crippen molar-refractivity contribution < 1.29 is 9.59 Å². The standard InChI is InChI=1S/C29H25N7O2S2/c1-2-17-10-12-18(13-11-17)25-20(15-31)27(32)36(22-8-5-9-23(37)26(22)25)28-34-35-29(40-28)39-16-24(38)33-21-7-4-3-6-19(21)14-30/h3-4,6-7,10-13,25H,2,5,8-9,16,32H2,1H3,(H,33,38). The molecule has 1 amide bonds. The molecule has 200 valence electrons. The maximum atomic E-state index is 13.3. The van der Waals surface area contributed by atoms with Gasteiger partial charge >= 0.3 is 0 Å². The molecular weight excluding hydrogens is 543 g/mol. The lowest BCUT2D eigenvalue weighted by molar-refractivity contribution is -0.116. The Morgan fingerprint density at radius 3 is 2.65 bits per heavy atom. The highest BCUT2D eigenvalue weighted by atomic mass is 32.2. The molecule has 11 heteroatoms. The minimum absolute atomic E-state index is 0.00417. The molecule has 2 aliphatic rings. The number of hydrogen-bond donors (Lipinski definition) is 2. The molecule has 2 heterocycles. The third-order valence-corrected chi connectivity index (χ3v) is 8.91. The van der Waals surface area contributed by atoms with Gasteiger partial charge in [0.1, 0.15) is 11.9 Å². The second-order valence-electron chi connectivity index (χ2n) is 9.26. The first-order chi connectivity index (χ1) is 19.4. The number of Topliss-reactive ketones (excluding diaryl/α,β-unsaturated/α-hetero) is 1. The smallest absolute Gasteiger partial charge is 0.234 e. The fourth-order valence-corrected chi connectivity index (χ4v) is 6.62. The second-order valence-corrected chi connectivity index (χ2v) is 11.4. The van der Waals surface area contributed by atoms with E-state index in [2.05, 4.69) is 34.6 Å². The van der Waals surface area contributed by atoms with E-state index in [9.17, 15) is 20.1 Å². The molecule has 0 bridgehead atoms. The predicted molar refractivity (Wildman–Crippen MR) is 154 cm³/mol. The first-order valence-corrected chi connectivity index (χ1v) is 14.6. The van der Waals surface area contributed by atoms with Crippen molar-refractivity contribution >= 4 is 45.6 Å². The molecule has 40 heavy (non-hydrogen) atoms. The van der Waals surface area contributed by atoms with Crippen molar-refractivity contribution in [3.8, 4) is 12.1 Å². The van der Waals surface area contributed by atoms with Crippen molar-refractivity contribution in [2.75, 3.05) is 16.0 Å². The van der Waals surface area contributed by atoms with Crippen LogP contribution < -0.4 is 16.0 Å². The van der Waals surface area contributed by atoms with Gasteiger partial charge in [-0.3, -0.25) is 14.5 Å². The van der Waals surface area contributed by atoms with Crippen LogP contribution in [-0.4, -0.2) is 27.6 Å². The highest BCUT2D eigenvalue weighted by Gasteiger charge is 2.41. The summed E-state index contributed by atoms with van der Waals surface area (Å²) in [5, 5.41) is 31.2. The van der Waals surface area contributed by atoms with Crippen molar-refractivity contribution in [2.45, 2.75) is 42.9 Å². The van der Waals surface area contributed by atoms with Gasteiger partial charge < -0.3 is 11.1 Å². The first-order valence-electron chi connectivity index (χ1n) is 12.7. The average molecular weight is 568 g/mol. The lowest BCUT2D eigenvalue weighted by Gasteiger charge is -2.38. The number of para-hydroxylation sites is 1. The number of nitrogens with one attached hydrogen (secondary N) is 1. The zero-order valence-corrected chi connectivity index (χ0v) is 23.3. The monoisotopic (exact) mass is 567 g/mol. The Labute approximate surface area is 240 Å². The Bertz CT molecular complexity index is 1630. The number of benzene rings is 2. The molecule has 1 atom stereocenters. The Morgan fingerprint density at radius 2 is 1.93 bits per heavy atom. The van der Waals surface area contributed by atoms with Crippen molar-refractivity contribution in [1.82, 2.24) is 10.2 Å². The number of ketones is 1. The Balaban J connectivity index is 1.41. The SMILES string of the molecule is CCc1ccc(C2C(C#N)=C(N)N(c3nnc(SCC(=O)Nc4ccccc4C#N)s3)C3=C2C(=O)CCC3)cc1. The molecule has 0 radical (unpaired) electrons. The summed E-state index contributed by atoms with van der Waals surface area (Å²) in [4.78, 5) is 27.5. The Hall–Kier alpha value is -4.45. The number of carbonyl (C=O) groups excluding carboxylic acids is 2. The fraction of sp³-hybridized carbons (Fsp3) is 0.241. The number of nitrogens with zero attached hydrogens (tertiary/aromatic N) is 5. The van der Waals surface area contributed by atoms with Crippen LogP contribution in [0, 0.1) is 22.7 Å². The largest absolute Gasteiger partial charge is 0.384 e. The molecule has 0 fully saturated rings. The van der Waals surface area contributed by atoms with Gasteiger partial charge in [-0.2, -0.15) is 10.5 Å². The quantitative estimate of drug-likeness (QED) is 0.376. The van der Waals surface area contributed by atoms with Crippen LogP contribution in [0.25, 0.3) is 0 Å². The number of allylic oxidation sites excluding steroid dienone is 3. The maximum absolute atomic E-state index is 13.3. The lowest BCUT2D eigenvalue weighted by Crippen LogP contribution is -2.38. The van der Waals surface area contributed by atoms with E-state index < -0.39 is 5.92 Å². The molecule has 9 nitrogen and oxygen atoms in total. The predicted octanol–water partition coefficient (Wildman–Crippen LogP) is 5.01. The highest BCUT2D eigenvalue weighted by Crippen LogP contribution is 2.47. The van der Waals surface area contributed by atoms with Gasteiger partial charge in [-0.1, -0.05) is 66.4 Å². The van der Waals surface area contributed by atoms with Crippen LogP contribution in [0.2, 0.25) is 0 Å². The van der Waals surface area contributed by atoms with E-state index >= 15 is 0 Å². The lowest BCUT2D eigenvalue weighted by atomic mass is 9.75. The first kappa shape index (κ1) is 27.1. The Kier molecular flexibility index (Phi) is 7.96. The average Bonchev–Trinajstić information content (AvgIpc) is 3.44. The molecule has 2 aromatic carbocycles. The van der Waals surface area contributed by atoms with Crippen LogP contribution in [0.15, 0.2) is 75.5 Å². The molecule has 0 saturated heterocycles. The number of rotatable bonds is 7. The summed E-state index contributed by atoms with van der Waals surface area (Å²) in [7, 11) is 0. The minimum atomic E-state index is -0.531. The van der Waals surface area contributed by atoms with Gasteiger partial charge in [0.25, 0.3) is 0 Å². The van der Waals surface area contributed by atoms with Crippen molar-refractivity contribution in [2.24, 2.45) is 5.73 Å². The van der Waals surface area contributed by atoms with Crippen LogP contribution in [0.3, 0.4) is 0 Å². The molecule has 1 aromatic heterocycles. The van der Waals surface area contributed by atoms with E-state index in [4.69, 9.17) is 5.73 Å². The second kappa shape index (κ2) is 11.7. The summed E-state index contributed by atoms with van der Waals surface area (Å²) in [5.41, 5.74) is 11.1. The molecule has 5 rings (SSSR count). The van der Waals surface area contributed by atoms with Crippen molar-refractivity contribution in [3.05, 3.63) is 87.9 Å². The number of nitrogens with two attached hydrogens (primary N) is 1. The van der Waals surface area contributed by atoms with Gasteiger partial charge in [0.2, 0.25) is 11.0 Å². The van der Waals surface area contributed by atoms with E-state index in [1.165, 1.54) is 28.7 Å². The molecule has 0 spiro atoms. The number of amides is 1. The minimum Gasteiger partial charge on any atom is -0.384 e. The number of hydrogen-bond acceptors (Lipinski definition) is 10. The summed E-state index contributed by atoms with van der Waals surface area (Å²) in [6, 6.07) is 19.1. The van der Waals surface area contributed by atoms with Crippen molar-refractivity contribution in [1.29, 1.82) is 10.5 Å². The summed E-state index contributed by atoms with van der Waals surface area (Å²) in [5.74, 6) is -0.514. The van der Waals surface area contributed by atoms with Crippen LogP contribution >= 0.6 is 23.1 Å². The van der Waals surface area contributed by atoms with E-state index in [-0.39, 0.29) is 23.3 Å². The fourth-order valence-electron chi connectivity index (χ4n) is 4.94. The number of carbonyl (C=O) groups is 2. The van der Waals surface area contributed by atoms with Crippen LogP contribution in [0.5, 0.6) is 0 Å². The van der Waals surface area contributed by atoms with Gasteiger partial charge in [0.15, 0.2) is 10.1 Å². The van der Waals surface area contributed by atoms with E-state index in [0.717, 1.165) is 17.7 Å². The van der Waals surface area contributed by atoms with Gasteiger partial charge in [0.05, 0.1) is 34.6 Å². The number of anilines is 2. The molecule has 1 aliphatic heterocycles. The number of aromatic nitrogens is 2.